The topological polar surface area (TPSA) is 94.5 Å². The van der Waals surface area contributed by atoms with Gasteiger partial charge in [0.2, 0.25) is 6.79 Å². The van der Waals surface area contributed by atoms with Gasteiger partial charge >= 0.3 is 0 Å². The van der Waals surface area contributed by atoms with E-state index in [4.69, 9.17) is 18.9 Å². The number of ether oxygens (including phenoxy) is 4. The number of fused-ring (bicyclic) bond motifs is 1. The highest BCUT2D eigenvalue weighted by Crippen LogP contribution is 2.42. The Morgan fingerprint density at radius 1 is 1.00 bits per heavy atom. The number of nitrogens with zero attached hydrogens (tertiary/aromatic N) is 1. The molecule has 8 nitrogen and oxygen atoms in total. The molecule has 1 unspecified atom stereocenters. The Morgan fingerprint density at radius 2 is 1.78 bits per heavy atom. The minimum absolute atomic E-state index is 0.0135. The molecule has 3 aromatic carbocycles. The van der Waals surface area contributed by atoms with Crippen molar-refractivity contribution in [3.63, 3.8) is 0 Å². The van der Waals surface area contributed by atoms with Crippen molar-refractivity contribution in [1.29, 1.82) is 0 Å². The molecule has 0 saturated carbocycles. The number of carbonyl (C=O) groups excluding carboxylic acids is 2. The lowest BCUT2D eigenvalue weighted by Crippen LogP contribution is -2.29. The van der Waals surface area contributed by atoms with Gasteiger partial charge in [0.15, 0.2) is 11.5 Å². The Balaban J connectivity index is 1.60. The Bertz CT molecular complexity index is 1350. The number of carbonyl (C=O) groups is 2. The quantitative estimate of drug-likeness (QED) is 0.299. The predicted octanol–water partition coefficient (Wildman–Crippen LogP) is 4.44. The van der Waals surface area contributed by atoms with Gasteiger partial charge in [-0.1, -0.05) is 30.3 Å². The molecule has 0 radical (unpaired) electrons. The Hall–Kier alpha value is -4.46. The monoisotopic (exact) mass is 487 g/mol. The normalized spacial score (nSPS) is 17.9. The third-order valence-electron chi connectivity index (χ3n) is 6.18. The summed E-state index contributed by atoms with van der Waals surface area (Å²) in [4.78, 5) is 28.1. The molecule has 0 bridgehead atoms. The second kappa shape index (κ2) is 9.65. The highest BCUT2D eigenvalue weighted by atomic mass is 16.7. The molecule has 0 aromatic heterocycles. The number of Topliss-reactive ketones (excluding diaryl/α,β-unsaturated/α-hetero) is 1. The summed E-state index contributed by atoms with van der Waals surface area (Å²) in [6, 6.07) is 18.5. The summed E-state index contributed by atoms with van der Waals surface area (Å²) in [5.74, 6) is 0.684. The lowest BCUT2D eigenvalue weighted by Gasteiger charge is -2.25. The zero-order valence-corrected chi connectivity index (χ0v) is 19.9. The van der Waals surface area contributed by atoms with Gasteiger partial charge in [0, 0.05) is 12.1 Å². The number of hydrogen-bond donors (Lipinski definition) is 1. The minimum Gasteiger partial charge on any atom is -0.507 e. The number of hydrogen-bond acceptors (Lipinski definition) is 7. The van der Waals surface area contributed by atoms with Crippen molar-refractivity contribution >= 4 is 17.4 Å². The molecule has 1 saturated heterocycles. The minimum atomic E-state index is -0.808. The fourth-order valence-corrected chi connectivity index (χ4v) is 4.47. The van der Waals surface area contributed by atoms with E-state index in [1.807, 2.05) is 13.0 Å². The Kier molecular flexibility index (Phi) is 6.25. The summed E-state index contributed by atoms with van der Waals surface area (Å²) in [5.41, 5.74) is 1.83. The molecular formula is C28H25NO7. The van der Waals surface area contributed by atoms with Gasteiger partial charge in [-0.25, -0.2) is 0 Å². The lowest BCUT2D eigenvalue weighted by molar-refractivity contribution is -0.140. The number of amides is 1. The van der Waals surface area contributed by atoms with E-state index in [9.17, 15) is 14.7 Å². The largest absolute Gasteiger partial charge is 0.507 e. The van der Waals surface area contributed by atoms with Crippen LogP contribution in [0.3, 0.4) is 0 Å². The summed E-state index contributed by atoms with van der Waals surface area (Å²) in [6.45, 7) is 2.58. The molecule has 8 heteroatoms. The van der Waals surface area contributed by atoms with Crippen molar-refractivity contribution in [2.45, 2.75) is 19.5 Å². The second-order valence-corrected chi connectivity index (χ2v) is 8.35. The molecule has 2 aliphatic heterocycles. The molecule has 5 rings (SSSR count). The second-order valence-electron chi connectivity index (χ2n) is 8.35. The molecule has 2 heterocycles. The van der Waals surface area contributed by atoms with Crippen LogP contribution in [-0.2, 0) is 16.1 Å². The number of aliphatic hydroxyl groups excluding tert-OH is 1. The standard InChI is InChI=1S/C28H25NO7/c1-3-34-21-6-4-5-19(14-21)26(30)24-25(18-8-10-20(33-2)11-9-18)29(28(32)27(24)31)15-17-7-12-22-23(13-17)36-16-35-22/h4-14,25,30H,3,15-16H2,1-2H3/b26-24+. The molecular weight excluding hydrogens is 462 g/mol. The van der Waals surface area contributed by atoms with Gasteiger partial charge in [0.1, 0.15) is 17.3 Å². The van der Waals surface area contributed by atoms with Gasteiger partial charge in [0.25, 0.3) is 11.7 Å². The van der Waals surface area contributed by atoms with Crippen LogP contribution in [0.2, 0.25) is 0 Å². The highest BCUT2D eigenvalue weighted by Gasteiger charge is 2.46. The summed E-state index contributed by atoms with van der Waals surface area (Å²) in [6.07, 6.45) is 0. The first-order chi connectivity index (χ1) is 17.5. The highest BCUT2D eigenvalue weighted by molar-refractivity contribution is 6.46. The van der Waals surface area contributed by atoms with Crippen molar-refractivity contribution in [2.24, 2.45) is 0 Å². The van der Waals surface area contributed by atoms with Crippen LogP contribution in [0.4, 0.5) is 0 Å². The molecule has 0 aliphatic carbocycles. The molecule has 184 valence electrons. The first-order valence-electron chi connectivity index (χ1n) is 11.5. The fraction of sp³-hybridized carbons (Fsp3) is 0.214. The summed E-state index contributed by atoms with van der Waals surface area (Å²) < 4.78 is 21.7. The van der Waals surface area contributed by atoms with Gasteiger partial charge < -0.3 is 29.0 Å². The van der Waals surface area contributed by atoms with Crippen LogP contribution in [0.5, 0.6) is 23.0 Å². The Labute approximate surface area is 208 Å². The van der Waals surface area contributed by atoms with Crippen molar-refractivity contribution in [3.05, 3.63) is 89.0 Å². The smallest absolute Gasteiger partial charge is 0.295 e. The number of aliphatic hydroxyl groups is 1. The number of methoxy groups -OCH3 is 1. The maximum absolute atomic E-state index is 13.3. The van der Waals surface area contributed by atoms with Gasteiger partial charge in [0.05, 0.1) is 25.3 Å². The van der Waals surface area contributed by atoms with E-state index >= 15 is 0 Å². The van der Waals surface area contributed by atoms with Crippen LogP contribution in [0, 0.1) is 0 Å². The van der Waals surface area contributed by atoms with Gasteiger partial charge in [-0.2, -0.15) is 0 Å². The van der Waals surface area contributed by atoms with Gasteiger partial charge in [-0.3, -0.25) is 9.59 Å². The summed E-state index contributed by atoms with van der Waals surface area (Å²) >= 11 is 0. The molecule has 36 heavy (non-hydrogen) atoms. The van der Waals surface area contributed by atoms with E-state index in [1.165, 1.54) is 4.90 Å². The number of benzene rings is 3. The van der Waals surface area contributed by atoms with Crippen LogP contribution in [0.1, 0.15) is 29.7 Å². The van der Waals surface area contributed by atoms with Crippen LogP contribution < -0.4 is 18.9 Å². The molecule has 1 N–H and O–H groups in total. The zero-order valence-electron chi connectivity index (χ0n) is 19.9. The molecule has 1 amide bonds. The van der Waals surface area contributed by atoms with Crippen LogP contribution in [0.15, 0.2) is 72.3 Å². The van der Waals surface area contributed by atoms with Crippen LogP contribution in [0.25, 0.3) is 5.76 Å². The molecule has 0 spiro atoms. The number of rotatable bonds is 7. The molecule has 2 aliphatic rings. The number of ketones is 1. The van der Waals surface area contributed by atoms with E-state index in [2.05, 4.69) is 0 Å². The lowest BCUT2D eigenvalue weighted by atomic mass is 9.95. The number of likely N-dealkylation sites (tertiary alicyclic amines) is 1. The van der Waals surface area contributed by atoms with E-state index in [0.29, 0.717) is 40.7 Å². The van der Waals surface area contributed by atoms with Crippen molar-refractivity contribution in [1.82, 2.24) is 4.90 Å². The first-order valence-corrected chi connectivity index (χ1v) is 11.5. The third kappa shape index (κ3) is 4.22. The van der Waals surface area contributed by atoms with E-state index in [0.717, 1.165) is 5.56 Å². The average Bonchev–Trinajstić information content (AvgIpc) is 3.47. The maximum Gasteiger partial charge on any atom is 0.295 e. The average molecular weight is 488 g/mol. The summed E-state index contributed by atoms with van der Waals surface area (Å²) in [5, 5.41) is 11.3. The van der Waals surface area contributed by atoms with Crippen LogP contribution in [-0.4, -0.2) is 42.2 Å². The third-order valence-corrected chi connectivity index (χ3v) is 6.18. The van der Waals surface area contributed by atoms with E-state index < -0.39 is 17.7 Å². The summed E-state index contributed by atoms with van der Waals surface area (Å²) in [7, 11) is 1.56. The van der Waals surface area contributed by atoms with Crippen molar-refractivity contribution in [2.75, 3.05) is 20.5 Å². The zero-order chi connectivity index (χ0) is 25.2. The van der Waals surface area contributed by atoms with Gasteiger partial charge in [-0.05, 0) is 54.4 Å². The molecule has 3 aromatic rings. The molecule has 1 atom stereocenters. The maximum atomic E-state index is 13.3. The van der Waals surface area contributed by atoms with E-state index in [1.54, 1.807) is 67.8 Å². The fourth-order valence-electron chi connectivity index (χ4n) is 4.47. The Morgan fingerprint density at radius 3 is 2.53 bits per heavy atom. The van der Waals surface area contributed by atoms with Crippen molar-refractivity contribution in [3.8, 4) is 23.0 Å². The SMILES string of the molecule is CCOc1cccc(/C(O)=C2\C(=O)C(=O)N(Cc3ccc4c(c3)OCO4)C2c2ccc(OC)cc2)c1. The predicted molar refractivity (Wildman–Crippen MR) is 131 cm³/mol. The van der Waals surface area contributed by atoms with E-state index in [-0.39, 0.29) is 24.7 Å². The van der Waals surface area contributed by atoms with Gasteiger partial charge in [-0.15, -0.1) is 0 Å². The first kappa shape index (κ1) is 23.3. The van der Waals surface area contributed by atoms with Crippen LogP contribution >= 0.6 is 0 Å². The molecule has 1 fully saturated rings. The van der Waals surface area contributed by atoms with Crippen molar-refractivity contribution < 1.29 is 33.6 Å².